The summed E-state index contributed by atoms with van der Waals surface area (Å²) in [7, 11) is 2.07. The van der Waals surface area contributed by atoms with E-state index in [1.807, 2.05) is 0 Å². The molecule has 2 unspecified atom stereocenters. The van der Waals surface area contributed by atoms with Gasteiger partial charge in [0.05, 0.1) is 0 Å². The SMILES string of the molecule is C=CN=CC(CC(O)O)NCCCCCC1C=C(N(C)C(=C)C=C)CCC1. The van der Waals surface area contributed by atoms with Crippen molar-refractivity contribution in [1.29, 1.82) is 0 Å². The maximum absolute atomic E-state index is 9.13. The van der Waals surface area contributed by atoms with Gasteiger partial charge in [0.1, 0.15) is 0 Å². The minimum Gasteiger partial charge on any atom is -0.368 e. The fourth-order valence-electron chi connectivity index (χ4n) is 3.40. The molecule has 27 heavy (non-hydrogen) atoms. The van der Waals surface area contributed by atoms with Crippen LogP contribution in [-0.2, 0) is 0 Å². The second-order valence-electron chi connectivity index (χ2n) is 7.17. The van der Waals surface area contributed by atoms with Gasteiger partial charge < -0.3 is 20.4 Å². The van der Waals surface area contributed by atoms with Crippen LogP contribution in [0.25, 0.3) is 0 Å². The van der Waals surface area contributed by atoms with Gasteiger partial charge in [0.25, 0.3) is 0 Å². The Balaban J connectivity index is 2.28. The summed E-state index contributed by atoms with van der Waals surface area (Å²) in [5.74, 6) is 0.652. The number of aliphatic hydroxyl groups is 2. The molecule has 1 rings (SSSR count). The van der Waals surface area contributed by atoms with Crippen LogP contribution >= 0.6 is 0 Å². The molecule has 0 aromatic carbocycles. The molecular weight excluding hydrogens is 338 g/mol. The first-order valence-electron chi connectivity index (χ1n) is 9.97. The van der Waals surface area contributed by atoms with Crippen LogP contribution in [0.3, 0.4) is 0 Å². The molecule has 0 aromatic heterocycles. The van der Waals surface area contributed by atoms with Crippen LogP contribution in [-0.4, -0.2) is 47.3 Å². The third kappa shape index (κ3) is 9.70. The number of hydrogen-bond donors (Lipinski definition) is 3. The number of nitrogens with zero attached hydrogens (tertiary/aromatic N) is 2. The lowest BCUT2D eigenvalue weighted by atomic mass is 9.89. The van der Waals surface area contributed by atoms with E-state index in [1.165, 1.54) is 37.6 Å². The van der Waals surface area contributed by atoms with Crippen LogP contribution in [0.1, 0.15) is 51.4 Å². The molecule has 0 aliphatic heterocycles. The van der Waals surface area contributed by atoms with Crippen molar-refractivity contribution < 1.29 is 10.2 Å². The Kier molecular flexibility index (Phi) is 11.7. The minimum absolute atomic E-state index is 0.139. The summed E-state index contributed by atoms with van der Waals surface area (Å²) >= 11 is 0. The van der Waals surface area contributed by atoms with E-state index in [2.05, 4.69) is 48.1 Å². The average Bonchev–Trinajstić information content (AvgIpc) is 2.67. The Morgan fingerprint density at radius 2 is 2.15 bits per heavy atom. The fraction of sp³-hybridized carbons (Fsp3) is 0.591. The van der Waals surface area contributed by atoms with Crippen molar-refractivity contribution in [2.24, 2.45) is 10.9 Å². The Hall–Kier alpha value is -1.69. The Labute approximate surface area is 164 Å². The van der Waals surface area contributed by atoms with Crippen molar-refractivity contribution in [1.82, 2.24) is 10.2 Å². The number of nitrogens with one attached hydrogen (secondary N) is 1. The molecule has 0 saturated carbocycles. The third-order valence-electron chi connectivity index (χ3n) is 5.03. The monoisotopic (exact) mass is 375 g/mol. The van der Waals surface area contributed by atoms with Gasteiger partial charge in [-0.3, -0.25) is 4.99 Å². The first kappa shape index (κ1) is 23.3. The summed E-state index contributed by atoms with van der Waals surface area (Å²) in [6.07, 6.45) is 14.5. The zero-order valence-electron chi connectivity index (χ0n) is 16.8. The minimum atomic E-state index is -1.33. The van der Waals surface area contributed by atoms with E-state index in [4.69, 9.17) is 10.2 Å². The van der Waals surface area contributed by atoms with Crippen LogP contribution in [0.4, 0.5) is 0 Å². The van der Waals surface area contributed by atoms with Crippen molar-refractivity contribution in [2.75, 3.05) is 13.6 Å². The Morgan fingerprint density at radius 1 is 1.37 bits per heavy atom. The average molecular weight is 376 g/mol. The topological polar surface area (TPSA) is 68.1 Å². The zero-order chi connectivity index (χ0) is 20.1. The summed E-state index contributed by atoms with van der Waals surface area (Å²) in [6, 6.07) is -0.139. The summed E-state index contributed by atoms with van der Waals surface area (Å²) in [5, 5.41) is 21.6. The van der Waals surface area contributed by atoms with Gasteiger partial charge in [0, 0.05) is 43.3 Å². The van der Waals surface area contributed by atoms with E-state index in [9.17, 15) is 0 Å². The van der Waals surface area contributed by atoms with Gasteiger partial charge >= 0.3 is 0 Å². The number of unbranched alkanes of at least 4 members (excludes halogenated alkanes) is 2. The van der Waals surface area contributed by atoms with Gasteiger partial charge in [-0.2, -0.15) is 0 Å². The zero-order valence-corrected chi connectivity index (χ0v) is 16.8. The molecule has 1 aliphatic carbocycles. The first-order chi connectivity index (χ1) is 13.0. The van der Waals surface area contributed by atoms with Gasteiger partial charge in [-0.05, 0) is 50.6 Å². The number of aliphatic imine (C=N–C) groups is 1. The van der Waals surface area contributed by atoms with Gasteiger partial charge in [0.15, 0.2) is 6.29 Å². The molecule has 5 nitrogen and oxygen atoms in total. The predicted octanol–water partition coefficient (Wildman–Crippen LogP) is 3.74. The van der Waals surface area contributed by atoms with Crippen LogP contribution in [0.15, 0.2) is 54.5 Å². The van der Waals surface area contributed by atoms with Crippen molar-refractivity contribution in [3.63, 3.8) is 0 Å². The largest absolute Gasteiger partial charge is 0.368 e. The molecule has 0 radical (unpaired) electrons. The first-order valence-corrected chi connectivity index (χ1v) is 9.97. The second kappa shape index (κ2) is 13.5. The molecule has 0 heterocycles. The number of aliphatic hydroxyl groups excluding tert-OH is 1. The van der Waals surface area contributed by atoms with Crippen LogP contribution in [0.2, 0.25) is 0 Å². The van der Waals surface area contributed by atoms with Crippen molar-refractivity contribution in [3.05, 3.63) is 49.5 Å². The summed E-state index contributed by atoms with van der Waals surface area (Å²) in [4.78, 5) is 6.13. The number of likely N-dealkylation sites (N-methyl/N-ethyl adjacent to an activating group) is 1. The molecule has 3 N–H and O–H groups in total. The molecule has 0 fully saturated rings. The summed E-state index contributed by atoms with van der Waals surface area (Å²) < 4.78 is 0. The van der Waals surface area contributed by atoms with Gasteiger partial charge in [-0.1, -0.05) is 38.7 Å². The standard InChI is InChI=1S/C22H37N3O2/c1-5-18(3)25(4)21-13-10-12-19(15-21)11-8-7-9-14-24-20(16-22(26)27)17-23-6-2/h5-6,15,17,19-20,22,24,26-27H,1-3,7-14,16H2,4H3. The van der Waals surface area contributed by atoms with E-state index in [0.717, 1.165) is 31.5 Å². The van der Waals surface area contributed by atoms with E-state index in [1.54, 1.807) is 12.3 Å². The molecule has 5 heteroatoms. The van der Waals surface area contributed by atoms with Crippen molar-refractivity contribution >= 4 is 6.21 Å². The van der Waals surface area contributed by atoms with Gasteiger partial charge in [-0.25, -0.2) is 0 Å². The van der Waals surface area contributed by atoms with E-state index in [0.29, 0.717) is 5.92 Å². The highest BCUT2D eigenvalue weighted by Crippen LogP contribution is 2.29. The maximum Gasteiger partial charge on any atom is 0.153 e. The molecule has 152 valence electrons. The van der Waals surface area contributed by atoms with Gasteiger partial charge in [-0.15, -0.1) is 0 Å². The second-order valence-corrected chi connectivity index (χ2v) is 7.17. The van der Waals surface area contributed by atoms with E-state index >= 15 is 0 Å². The molecule has 0 bridgehead atoms. The lowest BCUT2D eigenvalue weighted by molar-refractivity contribution is -0.0473. The fourth-order valence-corrected chi connectivity index (χ4v) is 3.40. The molecule has 2 atom stereocenters. The molecule has 0 spiro atoms. The van der Waals surface area contributed by atoms with Crippen LogP contribution in [0, 0.1) is 5.92 Å². The van der Waals surface area contributed by atoms with Gasteiger partial charge in [0.2, 0.25) is 0 Å². The summed E-state index contributed by atoms with van der Waals surface area (Å²) in [5.41, 5.74) is 2.32. The lowest BCUT2D eigenvalue weighted by Gasteiger charge is -2.29. The Bertz CT molecular complexity index is 526. The van der Waals surface area contributed by atoms with E-state index in [-0.39, 0.29) is 12.5 Å². The summed E-state index contributed by atoms with van der Waals surface area (Å²) in [6.45, 7) is 12.2. The van der Waals surface area contributed by atoms with Crippen LogP contribution < -0.4 is 5.32 Å². The Morgan fingerprint density at radius 3 is 2.81 bits per heavy atom. The highest BCUT2D eigenvalue weighted by molar-refractivity contribution is 5.65. The molecule has 0 amide bonds. The van der Waals surface area contributed by atoms with Crippen LogP contribution in [0.5, 0.6) is 0 Å². The maximum atomic E-state index is 9.13. The normalized spacial score (nSPS) is 18.4. The lowest BCUT2D eigenvalue weighted by Crippen LogP contribution is -2.34. The smallest absolute Gasteiger partial charge is 0.153 e. The van der Waals surface area contributed by atoms with Crippen molar-refractivity contribution in [3.8, 4) is 0 Å². The molecule has 0 saturated heterocycles. The number of rotatable bonds is 14. The molecular formula is C22H37N3O2. The highest BCUT2D eigenvalue weighted by atomic mass is 16.5. The van der Waals surface area contributed by atoms with Crippen molar-refractivity contribution in [2.45, 2.75) is 63.7 Å². The quantitative estimate of drug-likeness (QED) is 0.187. The molecule has 1 aliphatic rings. The molecule has 0 aromatic rings. The van der Waals surface area contributed by atoms with E-state index < -0.39 is 6.29 Å². The highest BCUT2D eigenvalue weighted by Gasteiger charge is 2.16. The number of hydrogen-bond acceptors (Lipinski definition) is 5. The third-order valence-corrected chi connectivity index (χ3v) is 5.03. The number of allylic oxidation sites excluding steroid dienone is 3. The predicted molar refractivity (Wildman–Crippen MR) is 114 cm³/mol.